The number of amidine groups is 1. The summed E-state index contributed by atoms with van der Waals surface area (Å²) in [5.74, 6) is 0.507. The van der Waals surface area contributed by atoms with Crippen molar-refractivity contribution >= 4 is 62.1 Å². The zero-order valence-electron chi connectivity index (χ0n) is 15.6. The normalized spacial score (nSPS) is 16.1. The maximum absolute atomic E-state index is 12.5. The number of carbonyl (C=O) groups excluding carboxylic acids is 1. The van der Waals surface area contributed by atoms with Gasteiger partial charge in [-0.1, -0.05) is 57.9 Å². The summed E-state index contributed by atoms with van der Waals surface area (Å²) in [6.07, 6.45) is 1.81. The minimum Gasteiger partial charge on any atom is -0.488 e. The lowest BCUT2D eigenvalue weighted by Gasteiger charge is -2.10. The molecule has 30 heavy (non-hydrogen) atoms. The molecule has 0 radical (unpaired) electrons. The number of amides is 1. The zero-order chi connectivity index (χ0) is 20.9. The largest absolute Gasteiger partial charge is 0.488 e. The molecule has 0 unspecified atom stereocenters. The van der Waals surface area contributed by atoms with Gasteiger partial charge in [0.2, 0.25) is 0 Å². The molecule has 4 nitrogen and oxygen atoms in total. The van der Waals surface area contributed by atoms with Crippen molar-refractivity contribution in [1.82, 2.24) is 5.32 Å². The molecule has 0 aromatic heterocycles. The molecular weight excluding hydrogens is 484 g/mol. The van der Waals surface area contributed by atoms with Gasteiger partial charge in [0.15, 0.2) is 5.17 Å². The maximum atomic E-state index is 12.5. The molecule has 1 amide bonds. The maximum Gasteiger partial charge on any atom is 0.264 e. The van der Waals surface area contributed by atoms with Gasteiger partial charge in [-0.25, -0.2) is 4.99 Å². The van der Waals surface area contributed by atoms with Gasteiger partial charge in [0.25, 0.3) is 5.91 Å². The highest BCUT2D eigenvalue weighted by molar-refractivity contribution is 9.10. The molecule has 1 N–H and O–H groups in total. The van der Waals surface area contributed by atoms with Crippen molar-refractivity contribution in [2.24, 2.45) is 4.99 Å². The van der Waals surface area contributed by atoms with E-state index in [4.69, 9.17) is 16.3 Å². The molecule has 1 aliphatic heterocycles. The van der Waals surface area contributed by atoms with E-state index >= 15 is 0 Å². The first-order valence-corrected chi connectivity index (χ1v) is 11.1. The Kier molecular flexibility index (Phi) is 6.57. The lowest BCUT2D eigenvalue weighted by molar-refractivity contribution is -0.115. The van der Waals surface area contributed by atoms with Crippen molar-refractivity contribution < 1.29 is 9.53 Å². The van der Waals surface area contributed by atoms with Crippen LogP contribution in [0, 0.1) is 0 Å². The minimum absolute atomic E-state index is 0.193. The van der Waals surface area contributed by atoms with Gasteiger partial charge in [0, 0.05) is 15.1 Å². The number of hydrogen-bond donors (Lipinski definition) is 1. The van der Waals surface area contributed by atoms with E-state index in [2.05, 4.69) is 26.2 Å². The Morgan fingerprint density at radius 2 is 1.83 bits per heavy atom. The van der Waals surface area contributed by atoms with Crippen molar-refractivity contribution in [2.75, 3.05) is 0 Å². The summed E-state index contributed by atoms with van der Waals surface area (Å²) >= 11 is 10.7. The highest BCUT2D eigenvalue weighted by atomic mass is 79.9. The quantitative estimate of drug-likeness (QED) is 0.404. The second-order valence-corrected chi connectivity index (χ2v) is 8.80. The van der Waals surface area contributed by atoms with E-state index in [1.54, 1.807) is 24.3 Å². The van der Waals surface area contributed by atoms with Gasteiger partial charge < -0.3 is 10.1 Å². The monoisotopic (exact) mass is 498 g/mol. The Morgan fingerprint density at radius 3 is 2.60 bits per heavy atom. The van der Waals surface area contributed by atoms with Crippen molar-refractivity contribution in [3.8, 4) is 5.75 Å². The van der Waals surface area contributed by atoms with E-state index in [9.17, 15) is 4.79 Å². The third kappa shape index (κ3) is 5.33. The fraction of sp³-hybridized carbons (Fsp3) is 0.0435. The van der Waals surface area contributed by atoms with Crippen LogP contribution in [-0.4, -0.2) is 11.1 Å². The van der Waals surface area contributed by atoms with Gasteiger partial charge in [-0.2, -0.15) is 0 Å². The number of carbonyl (C=O) groups is 1. The van der Waals surface area contributed by atoms with E-state index in [0.717, 1.165) is 21.3 Å². The number of aliphatic imine (C=N–C) groups is 1. The summed E-state index contributed by atoms with van der Waals surface area (Å²) in [5.41, 5.74) is 2.60. The van der Waals surface area contributed by atoms with Crippen molar-refractivity contribution in [1.29, 1.82) is 0 Å². The summed E-state index contributed by atoms with van der Waals surface area (Å²) in [6.45, 7) is 0.446. The topological polar surface area (TPSA) is 50.7 Å². The SMILES string of the molecule is O=C1NC(=Nc2ccc(Cl)cc2)S/C1=C/c1cc(Br)ccc1OCc1ccccc1. The predicted molar refractivity (Wildman–Crippen MR) is 127 cm³/mol. The summed E-state index contributed by atoms with van der Waals surface area (Å²) < 4.78 is 6.91. The molecule has 150 valence electrons. The molecule has 4 rings (SSSR count). The second-order valence-electron chi connectivity index (χ2n) is 6.41. The summed E-state index contributed by atoms with van der Waals surface area (Å²) in [5, 5.41) is 3.96. The third-order valence-electron chi connectivity index (χ3n) is 4.20. The number of thioether (sulfide) groups is 1. The number of halogens is 2. The van der Waals surface area contributed by atoms with Gasteiger partial charge in [-0.15, -0.1) is 0 Å². The first-order valence-electron chi connectivity index (χ1n) is 9.08. The van der Waals surface area contributed by atoms with Gasteiger partial charge in [0.1, 0.15) is 12.4 Å². The second kappa shape index (κ2) is 9.51. The Balaban J connectivity index is 1.55. The molecule has 0 saturated carbocycles. The molecule has 0 bridgehead atoms. The fourth-order valence-electron chi connectivity index (χ4n) is 2.75. The van der Waals surface area contributed by atoms with Crippen LogP contribution >= 0.6 is 39.3 Å². The number of rotatable bonds is 5. The summed E-state index contributed by atoms with van der Waals surface area (Å²) in [6, 6.07) is 22.8. The molecule has 7 heteroatoms. The first-order chi connectivity index (χ1) is 14.6. The lowest BCUT2D eigenvalue weighted by atomic mass is 10.2. The van der Waals surface area contributed by atoms with Crippen LogP contribution in [0.3, 0.4) is 0 Å². The third-order valence-corrected chi connectivity index (χ3v) is 5.86. The number of benzene rings is 3. The molecule has 1 aliphatic rings. The number of nitrogens with zero attached hydrogens (tertiary/aromatic N) is 1. The van der Waals surface area contributed by atoms with Gasteiger partial charge >= 0.3 is 0 Å². The van der Waals surface area contributed by atoms with Gasteiger partial charge in [-0.05, 0) is 65.9 Å². The van der Waals surface area contributed by atoms with Crippen molar-refractivity contribution in [3.05, 3.63) is 98.3 Å². The molecule has 0 aliphatic carbocycles. The number of nitrogens with one attached hydrogen (secondary N) is 1. The average molecular weight is 500 g/mol. The number of hydrogen-bond acceptors (Lipinski definition) is 4. The Morgan fingerprint density at radius 1 is 1.07 bits per heavy atom. The van der Waals surface area contributed by atoms with Crippen LogP contribution in [-0.2, 0) is 11.4 Å². The van der Waals surface area contributed by atoms with E-state index < -0.39 is 0 Å². The van der Waals surface area contributed by atoms with Crippen molar-refractivity contribution in [3.63, 3.8) is 0 Å². The van der Waals surface area contributed by atoms with Crippen LogP contribution < -0.4 is 10.1 Å². The summed E-state index contributed by atoms with van der Waals surface area (Å²) in [4.78, 5) is 17.5. The lowest BCUT2D eigenvalue weighted by Crippen LogP contribution is -2.19. The zero-order valence-corrected chi connectivity index (χ0v) is 18.8. The van der Waals surface area contributed by atoms with Crippen LogP contribution in [0.25, 0.3) is 6.08 Å². The molecule has 3 aromatic carbocycles. The van der Waals surface area contributed by atoms with Crippen LogP contribution in [0.15, 0.2) is 87.2 Å². The molecule has 1 heterocycles. The summed E-state index contributed by atoms with van der Waals surface area (Å²) in [7, 11) is 0. The van der Waals surface area contributed by atoms with Crippen LogP contribution in [0.1, 0.15) is 11.1 Å². The van der Waals surface area contributed by atoms with E-state index in [-0.39, 0.29) is 5.91 Å². The standard InChI is InChI=1S/C23H16BrClN2O2S/c24-17-6-11-20(29-14-15-4-2-1-3-5-15)16(12-17)13-21-22(28)27-23(30-21)26-19-9-7-18(25)8-10-19/h1-13H,14H2,(H,26,27,28)/b21-13+. The molecular formula is C23H16BrClN2O2S. The molecule has 3 aromatic rings. The van der Waals surface area contributed by atoms with Crippen molar-refractivity contribution in [2.45, 2.75) is 6.61 Å². The van der Waals surface area contributed by atoms with E-state index in [1.165, 1.54) is 11.8 Å². The Hall–Kier alpha value is -2.54. The van der Waals surface area contributed by atoms with Gasteiger partial charge in [0.05, 0.1) is 10.6 Å². The van der Waals surface area contributed by atoms with E-state index in [0.29, 0.717) is 27.5 Å². The molecule has 1 fully saturated rings. The molecule has 1 saturated heterocycles. The van der Waals surface area contributed by atoms with Crippen LogP contribution in [0.5, 0.6) is 5.75 Å². The minimum atomic E-state index is -0.193. The first kappa shape index (κ1) is 20.7. The van der Waals surface area contributed by atoms with Crippen LogP contribution in [0.2, 0.25) is 5.02 Å². The van der Waals surface area contributed by atoms with Crippen LogP contribution in [0.4, 0.5) is 5.69 Å². The smallest absolute Gasteiger partial charge is 0.264 e. The van der Waals surface area contributed by atoms with Gasteiger partial charge in [-0.3, -0.25) is 4.79 Å². The van der Waals surface area contributed by atoms with E-state index in [1.807, 2.05) is 54.6 Å². The Labute approximate surface area is 192 Å². The highest BCUT2D eigenvalue weighted by Crippen LogP contribution is 2.32. The predicted octanol–water partition coefficient (Wildman–Crippen LogP) is 6.57. The molecule has 0 atom stereocenters. The number of ether oxygens (including phenoxy) is 1. The fourth-order valence-corrected chi connectivity index (χ4v) is 4.09. The molecule has 0 spiro atoms. The Bertz CT molecular complexity index is 1130. The highest BCUT2D eigenvalue weighted by Gasteiger charge is 2.24. The average Bonchev–Trinajstić information content (AvgIpc) is 3.08.